The molecule has 2 nitrogen and oxygen atoms in total. The van der Waals surface area contributed by atoms with Gasteiger partial charge in [-0.25, -0.2) is 0 Å². The number of fused-ring (bicyclic) bond motifs is 3. The summed E-state index contributed by atoms with van der Waals surface area (Å²) < 4.78 is 4.10. The number of rotatable bonds is 0. The van der Waals surface area contributed by atoms with Crippen molar-refractivity contribution in [2.75, 3.05) is 0 Å². The van der Waals surface area contributed by atoms with Gasteiger partial charge in [0.15, 0.2) is 0 Å². The maximum absolute atomic E-state index is 12.0. The van der Waals surface area contributed by atoms with E-state index in [1.165, 1.54) is 9.58 Å². The van der Waals surface area contributed by atoms with Gasteiger partial charge < -0.3 is 4.57 Å². The maximum atomic E-state index is 12.0. The molecule has 0 saturated heterocycles. The number of aryl methyl sites for hydroxylation is 2. The highest BCUT2D eigenvalue weighted by molar-refractivity contribution is 7.26. The van der Waals surface area contributed by atoms with Crippen LogP contribution in [-0.4, -0.2) is 4.57 Å². The Morgan fingerprint density at radius 3 is 2.93 bits per heavy atom. The molecule has 15 heavy (non-hydrogen) atoms. The van der Waals surface area contributed by atoms with Crippen LogP contribution in [0.15, 0.2) is 22.3 Å². The Bertz CT molecular complexity index is 717. The van der Waals surface area contributed by atoms with Crippen LogP contribution in [0.1, 0.15) is 4.88 Å². The molecule has 0 aromatic carbocycles. The van der Waals surface area contributed by atoms with Gasteiger partial charge in [-0.05, 0) is 24.4 Å². The molecule has 0 aliphatic heterocycles. The number of hydrogen-bond donors (Lipinski definition) is 0. The lowest BCUT2D eigenvalue weighted by atomic mass is 10.3. The topological polar surface area (TPSA) is 22.0 Å². The Morgan fingerprint density at radius 1 is 1.33 bits per heavy atom. The summed E-state index contributed by atoms with van der Waals surface area (Å²) in [5.41, 5.74) is 1.15. The lowest BCUT2D eigenvalue weighted by Gasteiger charge is -2.00. The molecule has 0 fully saturated rings. The monoisotopic (exact) mass is 235 g/mol. The zero-order chi connectivity index (χ0) is 10.6. The predicted molar refractivity (Wildman–Crippen MR) is 67.2 cm³/mol. The summed E-state index contributed by atoms with van der Waals surface area (Å²) in [7, 11) is 1.84. The molecule has 0 radical (unpaired) electrons. The number of thiophene rings is 2. The molecule has 0 N–H and O–H groups in total. The second-order valence-electron chi connectivity index (χ2n) is 3.60. The quantitative estimate of drug-likeness (QED) is 0.587. The van der Waals surface area contributed by atoms with Gasteiger partial charge in [-0.15, -0.1) is 22.7 Å². The fourth-order valence-electron chi connectivity index (χ4n) is 1.87. The van der Waals surface area contributed by atoms with Crippen molar-refractivity contribution in [3.63, 3.8) is 0 Å². The summed E-state index contributed by atoms with van der Waals surface area (Å²) in [5, 5.41) is 2.90. The van der Waals surface area contributed by atoms with Gasteiger partial charge in [0.2, 0.25) is 0 Å². The Kier molecular flexibility index (Phi) is 1.78. The minimum atomic E-state index is 0.111. The highest BCUT2D eigenvalue weighted by atomic mass is 32.1. The van der Waals surface area contributed by atoms with E-state index in [-0.39, 0.29) is 5.56 Å². The average Bonchev–Trinajstić information content (AvgIpc) is 2.79. The molecule has 0 atom stereocenters. The summed E-state index contributed by atoms with van der Waals surface area (Å²) in [6.45, 7) is 2.05. The van der Waals surface area contributed by atoms with Crippen molar-refractivity contribution in [2.24, 2.45) is 7.05 Å². The molecule has 0 bridgehead atoms. The lowest BCUT2D eigenvalue weighted by molar-refractivity contribution is 0.921. The molecule has 0 aliphatic carbocycles. The van der Waals surface area contributed by atoms with Crippen LogP contribution in [0.4, 0.5) is 0 Å². The van der Waals surface area contributed by atoms with Crippen molar-refractivity contribution < 1.29 is 0 Å². The van der Waals surface area contributed by atoms with Crippen LogP contribution >= 0.6 is 22.7 Å². The average molecular weight is 235 g/mol. The highest BCUT2D eigenvalue weighted by Gasteiger charge is 2.11. The van der Waals surface area contributed by atoms with Gasteiger partial charge in [-0.2, -0.15) is 0 Å². The first-order valence-electron chi connectivity index (χ1n) is 4.65. The van der Waals surface area contributed by atoms with Crippen molar-refractivity contribution in [1.82, 2.24) is 4.57 Å². The zero-order valence-electron chi connectivity index (χ0n) is 8.40. The molecule has 0 saturated carbocycles. The van der Waals surface area contributed by atoms with Gasteiger partial charge in [-0.3, -0.25) is 4.79 Å². The highest BCUT2D eigenvalue weighted by Crippen LogP contribution is 2.32. The van der Waals surface area contributed by atoms with Crippen LogP contribution in [0.5, 0.6) is 0 Å². The van der Waals surface area contributed by atoms with Crippen LogP contribution < -0.4 is 5.56 Å². The maximum Gasteiger partial charge on any atom is 0.259 e. The second-order valence-corrected chi connectivity index (χ2v) is 5.77. The third kappa shape index (κ3) is 1.12. The fourth-order valence-corrected chi connectivity index (χ4v) is 3.97. The van der Waals surface area contributed by atoms with E-state index in [2.05, 4.69) is 0 Å². The summed E-state index contributed by atoms with van der Waals surface area (Å²) in [6.07, 6.45) is 0. The van der Waals surface area contributed by atoms with E-state index >= 15 is 0 Å². The molecule has 3 rings (SSSR count). The third-order valence-corrected chi connectivity index (χ3v) is 4.72. The Hall–Kier alpha value is -1.13. The van der Waals surface area contributed by atoms with E-state index in [1.807, 2.05) is 31.5 Å². The minimum Gasteiger partial charge on any atom is -0.310 e. The predicted octanol–water partition coefficient (Wildman–Crippen LogP) is 3.12. The van der Waals surface area contributed by atoms with Gasteiger partial charge in [0.25, 0.3) is 5.56 Å². The van der Waals surface area contributed by atoms with Crippen LogP contribution in [0, 0.1) is 6.92 Å². The van der Waals surface area contributed by atoms with Gasteiger partial charge in [0.05, 0.1) is 20.3 Å². The van der Waals surface area contributed by atoms with E-state index < -0.39 is 0 Å². The van der Waals surface area contributed by atoms with Crippen molar-refractivity contribution in [1.29, 1.82) is 0 Å². The number of hydrogen-bond acceptors (Lipinski definition) is 3. The standard InChI is InChI=1S/C11H9NOS2/c1-6-5-7-9(15-6)10-8(3-4-14-10)12(2)11(7)13/h3-5H,1-2H3. The molecule has 0 spiro atoms. The van der Waals surface area contributed by atoms with E-state index in [1.54, 1.807) is 27.2 Å². The summed E-state index contributed by atoms with van der Waals surface area (Å²) in [5.74, 6) is 0. The minimum absolute atomic E-state index is 0.111. The normalized spacial score (nSPS) is 11.6. The lowest BCUT2D eigenvalue weighted by Crippen LogP contribution is -2.15. The summed E-state index contributed by atoms with van der Waals surface area (Å²) in [4.78, 5) is 13.2. The second kappa shape index (κ2) is 2.93. The van der Waals surface area contributed by atoms with Crippen LogP contribution in [0.3, 0.4) is 0 Å². The molecule has 4 heteroatoms. The van der Waals surface area contributed by atoms with E-state index in [0.29, 0.717) is 0 Å². The van der Waals surface area contributed by atoms with E-state index in [9.17, 15) is 4.79 Å². The fraction of sp³-hybridized carbons (Fsp3) is 0.182. The number of aromatic nitrogens is 1. The third-order valence-electron chi connectivity index (χ3n) is 2.60. The molecule has 0 aliphatic rings. The first kappa shape index (κ1) is 9.12. The number of nitrogens with zero attached hydrogens (tertiary/aromatic N) is 1. The SMILES string of the molecule is Cc1cc2c(=O)n(C)c3ccsc3c2s1. The smallest absolute Gasteiger partial charge is 0.259 e. The largest absolute Gasteiger partial charge is 0.310 e. The Morgan fingerprint density at radius 2 is 2.13 bits per heavy atom. The van der Waals surface area contributed by atoms with Crippen LogP contribution in [-0.2, 0) is 7.05 Å². The van der Waals surface area contributed by atoms with Gasteiger partial charge in [0.1, 0.15) is 0 Å². The van der Waals surface area contributed by atoms with Crippen molar-refractivity contribution in [2.45, 2.75) is 6.92 Å². The van der Waals surface area contributed by atoms with Crippen LogP contribution in [0.2, 0.25) is 0 Å². The van der Waals surface area contributed by atoms with Gasteiger partial charge in [0, 0.05) is 11.9 Å². The molecule has 0 unspecified atom stereocenters. The molecule has 3 heterocycles. The molecular formula is C11H9NOS2. The summed E-state index contributed by atoms with van der Waals surface area (Å²) >= 11 is 3.41. The Balaban J connectivity index is 2.75. The molecule has 76 valence electrons. The van der Waals surface area contributed by atoms with Crippen molar-refractivity contribution >= 4 is 43.0 Å². The van der Waals surface area contributed by atoms with Gasteiger partial charge in [-0.1, -0.05) is 0 Å². The number of pyridine rings is 1. The van der Waals surface area contributed by atoms with E-state index in [4.69, 9.17) is 0 Å². The first-order valence-corrected chi connectivity index (χ1v) is 6.34. The molecule has 0 amide bonds. The first-order chi connectivity index (χ1) is 7.18. The summed E-state index contributed by atoms with van der Waals surface area (Å²) in [6, 6.07) is 4.00. The molecule has 3 aromatic heterocycles. The van der Waals surface area contributed by atoms with E-state index in [0.717, 1.165) is 15.6 Å². The van der Waals surface area contributed by atoms with Crippen molar-refractivity contribution in [3.05, 3.63) is 32.7 Å². The van der Waals surface area contributed by atoms with Crippen LogP contribution in [0.25, 0.3) is 20.3 Å². The molecule has 3 aromatic rings. The Labute approximate surface area is 94.4 Å². The van der Waals surface area contributed by atoms with Gasteiger partial charge >= 0.3 is 0 Å². The zero-order valence-corrected chi connectivity index (χ0v) is 10.0. The molecular weight excluding hydrogens is 226 g/mol. The van der Waals surface area contributed by atoms with Crippen molar-refractivity contribution in [3.8, 4) is 0 Å².